The molecule has 0 unspecified atom stereocenters. The van der Waals surface area contributed by atoms with E-state index in [-0.39, 0.29) is 11.0 Å². The molecular formula is C23H24N4O2S. The molecule has 30 heavy (non-hydrogen) atoms. The summed E-state index contributed by atoms with van der Waals surface area (Å²) < 4.78 is 7.10. The fourth-order valence-electron chi connectivity index (χ4n) is 3.22. The second kappa shape index (κ2) is 7.72. The number of aryl methyl sites for hydroxylation is 2. The maximum atomic E-state index is 13.4. The van der Waals surface area contributed by atoms with Crippen LogP contribution in [0.2, 0.25) is 0 Å². The highest BCUT2D eigenvalue weighted by Gasteiger charge is 2.22. The summed E-state index contributed by atoms with van der Waals surface area (Å²) in [6, 6.07) is 13.5. The minimum Gasteiger partial charge on any atom is -0.338 e. The number of rotatable bonds is 4. The van der Waals surface area contributed by atoms with E-state index in [1.807, 2.05) is 71.0 Å². The first-order valence-corrected chi connectivity index (χ1v) is 10.8. The Hall–Kier alpha value is -2.93. The molecule has 2 aromatic carbocycles. The first kappa shape index (κ1) is 20.3. The van der Waals surface area contributed by atoms with Crippen LogP contribution in [0.25, 0.3) is 16.6 Å². The molecule has 154 valence electrons. The van der Waals surface area contributed by atoms with Crippen LogP contribution in [0.3, 0.4) is 0 Å². The van der Waals surface area contributed by atoms with Crippen molar-refractivity contribution in [1.29, 1.82) is 0 Å². The number of para-hydroxylation sites is 1. The van der Waals surface area contributed by atoms with Crippen molar-refractivity contribution in [3.8, 4) is 5.69 Å². The van der Waals surface area contributed by atoms with Gasteiger partial charge in [-0.15, -0.1) is 0 Å². The Morgan fingerprint density at radius 2 is 1.83 bits per heavy atom. The molecule has 0 saturated heterocycles. The molecule has 7 heteroatoms. The minimum atomic E-state index is -0.186. The Morgan fingerprint density at radius 3 is 2.53 bits per heavy atom. The van der Waals surface area contributed by atoms with Crippen LogP contribution >= 0.6 is 11.8 Å². The lowest BCUT2D eigenvalue weighted by Gasteiger charge is -2.15. The zero-order valence-corrected chi connectivity index (χ0v) is 18.6. The molecule has 0 spiro atoms. The van der Waals surface area contributed by atoms with Crippen molar-refractivity contribution >= 4 is 22.7 Å². The van der Waals surface area contributed by atoms with Crippen LogP contribution in [0, 0.1) is 13.8 Å². The average Bonchev–Trinajstić information content (AvgIpc) is 3.17. The minimum absolute atomic E-state index is 0.0871. The number of fused-ring (bicyclic) bond motifs is 1. The molecule has 0 N–H and O–H groups in total. The summed E-state index contributed by atoms with van der Waals surface area (Å²) >= 11 is 1.42. The molecule has 0 saturated carbocycles. The Kier molecular flexibility index (Phi) is 5.24. The molecule has 0 bridgehead atoms. The van der Waals surface area contributed by atoms with Crippen molar-refractivity contribution in [2.24, 2.45) is 0 Å². The molecule has 4 aromatic rings. The Morgan fingerprint density at radius 1 is 1.07 bits per heavy atom. The van der Waals surface area contributed by atoms with Gasteiger partial charge in [-0.2, -0.15) is 4.98 Å². The monoisotopic (exact) mass is 420 g/mol. The quantitative estimate of drug-likeness (QED) is 0.343. The topological polar surface area (TPSA) is 73.8 Å². The highest BCUT2D eigenvalue weighted by molar-refractivity contribution is 7.98. The van der Waals surface area contributed by atoms with Crippen molar-refractivity contribution in [3.63, 3.8) is 0 Å². The third kappa shape index (κ3) is 3.89. The van der Waals surface area contributed by atoms with Gasteiger partial charge in [0.1, 0.15) is 0 Å². The van der Waals surface area contributed by atoms with E-state index in [9.17, 15) is 4.79 Å². The molecular weight excluding hydrogens is 396 g/mol. The highest BCUT2D eigenvalue weighted by atomic mass is 32.2. The van der Waals surface area contributed by atoms with E-state index in [0.29, 0.717) is 33.5 Å². The Labute approximate surface area is 179 Å². The SMILES string of the molecule is Cc1ccc(-n2c(SCc3nc(C(C)(C)C)no3)nc3ccccc3c2=O)c(C)c1. The molecule has 0 aliphatic heterocycles. The maximum Gasteiger partial charge on any atom is 0.266 e. The summed E-state index contributed by atoms with van der Waals surface area (Å²) in [6.07, 6.45) is 0. The van der Waals surface area contributed by atoms with Crippen LogP contribution in [0.4, 0.5) is 0 Å². The van der Waals surface area contributed by atoms with Gasteiger partial charge in [-0.25, -0.2) is 4.98 Å². The van der Waals surface area contributed by atoms with Gasteiger partial charge in [0.25, 0.3) is 5.56 Å². The highest BCUT2D eigenvalue weighted by Crippen LogP contribution is 2.27. The predicted molar refractivity (Wildman–Crippen MR) is 119 cm³/mol. The van der Waals surface area contributed by atoms with E-state index in [1.165, 1.54) is 11.8 Å². The van der Waals surface area contributed by atoms with Crippen LogP contribution in [0.5, 0.6) is 0 Å². The summed E-state index contributed by atoms with van der Waals surface area (Å²) in [5.41, 5.74) is 3.39. The molecule has 0 fully saturated rings. The van der Waals surface area contributed by atoms with E-state index in [2.05, 4.69) is 16.2 Å². The number of aromatic nitrogens is 4. The van der Waals surface area contributed by atoms with Crippen molar-refractivity contribution in [2.45, 2.75) is 50.9 Å². The van der Waals surface area contributed by atoms with Gasteiger partial charge in [-0.3, -0.25) is 9.36 Å². The van der Waals surface area contributed by atoms with Crippen molar-refractivity contribution in [2.75, 3.05) is 0 Å². The number of hydrogen-bond donors (Lipinski definition) is 0. The van der Waals surface area contributed by atoms with Crippen LogP contribution in [-0.2, 0) is 11.2 Å². The average molecular weight is 421 g/mol. The summed E-state index contributed by atoms with van der Waals surface area (Å²) in [4.78, 5) is 22.7. The lowest BCUT2D eigenvalue weighted by Crippen LogP contribution is -2.22. The standard InChI is InChI=1S/C23H24N4O2S/c1-14-10-11-18(15(2)12-14)27-20(28)16-8-6-7-9-17(16)24-22(27)30-13-19-25-21(26-29-19)23(3,4)5/h6-12H,13H2,1-5H3. The molecule has 4 rings (SSSR count). The molecule has 6 nitrogen and oxygen atoms in total. The van der Waals surface area contributed by atoms with Crippen molar-refractivity contribution in [1.82, 2.24) is 19.7 Å². The number of nitrogens with zero attached hydrogens (tertiary/aromatic N) is 4. The van der Waals surface area contributed by atoms with Gasteiger partial charge in [0.15, 0.2) is 11.0 Å². The molecule has 0 aliphatic carbocycles. The van der Waals surface area contributed by atoms with Gasteiger partial charge in [-0.1, -0.05) is 67.5 Å². The number of benzene rings is 2. The van der Waals surface area contributed by atoms with E-state index in [1.54, 1.807) is 4.57 Å². The second-order valence-electron chi connectivity index (χ2n) is 8.39. The lowest BCUT2D eigenvalue weighted by atomic mass is 9.96. The number of hydrogen-bond acceptors (Lipinski definition) is 6. The largest absolute Gasteiger partial charge is 0.338 e. The van der Waals surface area contributed by atoms with Gasteiger partial charge in [0.2, 0.25) is 5.89 Å². The first-order chi connectivity index (χ1) is 14.2. The number of thioether (sulfide) groups is 1. The summed E-state index contributed by atoms with van der Waals surface area (Å²) in [7, 11) is 0. The zero-order chi connectivity index (χ0) is 21.5. The van der Waals surface area contributed by atoms with E-state index in [4.69, 9.17) is 9.51 Å². The van der Waals surface area contributed by atoms with Gasteiger partial charge >= 0.3 is 0 Å². The normalized spacial score (nSPS) is 11.9. The van der Waals surface area contributed by atoms with Crippen LogP contribution < -0.4 is 5.56 Å². The van der Waals surface area contributed by atoms with E-state index >= 15 is 0 Å². The molecule has 0 atom stereocenters. The third-order valence-electron chi connectivity index (χ3n) is 4.80. The van der Waals surface area contributed by atoms with Gasteiger partial charge in [0, 0.05) is 5.41 Å². The molecule has 2 heterocycles. The summed E-state index contributed by atoms with van der Waals surface area (Å²) in [5.74, 6) is 1.61. The van der Waals surface area contributed by atoms with Gasteiger partial charge in [0.05, 0.1) is 22.3 Å². The molecule has 0 radical (unpaired) electrons. The lowest BCUT2D eigenvalue weighted by molar-refractivity contribution is 0.372. The smallest absolute Gasteiger partial charge is 0.266 e. The van der Waals surface area contributed by atoms with Crippen molar-refractivity contribution in [3.05, 3.63) is 75.7 Å². The first-order valence-electron chi connectivity index (χ1n) is 9.79. The van der Waals surface area contributed by atoms with Crippen LogP contribution in [0.1, 0.15) is 43.6 Å². The third-order valence-corrected chi connectivity index (χ3v) is 5.73. The van der Waals surface area contributed by atoms with Crippen LogP contribution in [0.15, 0.2) is 56.9 Å². The molecule has 0 amide bonds. The van der Waals surface area contributed by atoms with Gasteiger partial charge in [-0.05, 0) is 37.6 Å². The molecule has 2 aromatic heterocycles. The summed E-state index contributed by atoms with van der Waals surface area (Å²) in [5, 5.41) is 5.27. The zero-order valence-electron chi connectivity index (χ0n) is 17.8. The second-order valence-corrected chi connectivity index (χ2v) is 9.33. The Bertz CT molecular complexity index is 1280. The van der Waals surface area contributed by atoms with Crippen molar-refractivity contribution < 1.29 is 4.52 Å². The van der Waals surface area contributed by atoms with Gasteiger partial charge < -0.3 is 4.52 Å². The molecule has 0 aliphatic rings. The van der Waals surface area contributed by atoms with E-state index < -0.39 is 0 Å². The fraction of sp³-hybridized carbons (Fsp3) is 0.304. The summed E-state index contributed by atoms with van der Waals surface area (Å²) in [6.45, 7) is 10.2. The maximum absolute atomic E-state index is 13.4. The Balaban J connectivity index is 1.80. The van der Waals surface area contributed by atoms with E-state index in [0.717, 1.165) is 16.8 Å². The van der Waals surface area contributed by atoms with Crippen LogP contribution in [-0.4, -0.2) is 19.7 Å². The fourth-order valence-corrected chi connectivity index (χ4v) is 4.07. The predicted octanol–water partition coefficient (Wildman–Crippen LogP) is 4.98.